The van der Waals surface area contributed by atoms with Crippen molar-refractivity contribution in [3.8, 4) is 0 Å². The largest absolute Gasteiger partial charge is 0.294 e. The first-order valence-corrected chi connectivity index (χ1v) is 7.27. The van der Waals surface area contributed by atoms with E-state index >= 15 is 0 Å². The summed E-state index contributed by atoms with van der Waals surface area (Å²) in [4.78, 5) is 12.5. The average Bonchev–Trinajstić information content (AvgIpc) is 2.68. The molecule has 0 radical (unpaired) electrons. The van der Waals surface area contributed by atoms with Gasteiger partial charge in [0.15, 0.2) is 5.78 Å². The van der Waals surface area contributed by atoms with Crippen molar-refractivity contribution in [1.82, 2.24) is 0 Å². The summed E-state index contributed by atoms with van der Waals surface area (Å²) in [5, 5.41) is 0. The predicted molar refractivity (Wildman–Crippen MR) is 84.8 cm³/mol. The van der Waals surface area contributed by atoms with E-state index < -0.39 is 0 Å². The average molecular weight is 268 g/mol. The molecule has 1 heteroatoms. The number of carbonyl (C=O) groups is 1. The van der Waals surface area contributed by atoms with Crippen molar-refractivity contribution in [2.75, 3.05) is 0 Å². The van der Waals surface area contributed by atoms with Crippen molar-refractivity contribution in [3.05, 3.63) is 58.7 Å². The highest BCUT2D eigenvalue weighted by Gasteiger charge is 2.32. The Labute approximate surface area is 122 Å². The minimum absolute atomic E-state index is 0.158. The van der Waals surface area contributed by atoms with Gasteiger partial charge in [0.1, 0.15) is 0 Å². The third-order valence-corrected chi connectivity index (χ3v) is 4.25. The van der Waals surface area contributed by atoms with Crippen LogP contribution in [0.5, 0.6) is 0 Å². The number of ketones is 1. The first-order chi connectivity index (χ1) is 9.30. The molecule has 0 heterocycles. The Morgan fingerprint density at radius 1 is 1.10 bits per heavy atom. The van der Waals surface area contributed by atoms with E-state index in [1.807, 2.05) is 30.3 Å². The second-order valence-electron chi connectivity index (χ2n) is 6.81. The molecule has 106 valence electrons. The topological polar surface area (TPSA) is 17.1 Å². The Balaban J connectivity index is 2.26. The van der Waals surface area contributed by atoms with Gasteiger partial charge in [-0.3, -0.25) is 4.79 Å². The van der Waals surface area contributed by atoms with Gasteiger partial charge in [0.05, 0.1) is 0 Å². The number of Topliss-reactive ketones (excluding diaryl/α,β-unsaturated/α-hetero) is 1. The zero-order valence-electron chi connectivity index (χ0n) is 13.2. The molecule has 20 heavy (non-hydrogen) atoms. The Hall–Kier alpha value is -1.63. The van der Waals surface area contributed by atoms with E-state index in [-0.39, 0.29) is 11.2 Å². The number of hydrogen-bond acceptors (Lipinski definition) is 1. The van der Waals surface area contributed by atoms with Gasteiger partial charge >= 0.3 is 0 Å². The minimum Gasteiger partial charge on any atom is -0.294 e. The van der Waals surface area contributed by atoms with Crippen LogP contribution in [0.2, 0.25) is 0 Å². The third kappa shape index (κ3) is 2.92. The van der Waals surface area contributed by atoms with Crippen molar-refractivity contribution < 1.29 is 4.79 Å². The first-order valence-electron chi connectivity index (χ1n) is 7.27. The second kappa shape index (κ2) is 5.40. The molecular formula is C19H24O. The highest BCUT2D eigenvalue weighted by Crippen LogP contribution is 2.43. The van der Waals surface area contributed by atoms with Crippen LogP contribution in [0.25, 0.3) is 0 Å². The van der Waals surface area contributed by atoms with E-state index in [9.17, 15) is 4.79 Å². The number of carbonyl (C=O) groups excluding carboxylic acids is 1. The number of benzene rings is 1. The molecule has 0 bridgehead atoms. The van der Waals surface area contributed by atoms with Crippen LogP contribution in [-0.4, -0.2) is 5.78 Å². The Bertz CT molecular complexity index is 568. The highest BCUT2D eigenvalue weighted by atomic mass is 16.1. The SMILES string of the molecule is CC1=CC(C(C)(C)C)C(CC(=O)c2ccccc2)=C1C. The quantitative estimate of drug-likeness (QED) is 0.689. The van der Waals surface area contributed by atoms with Gasteiger partial charge < -0.3 is 0 Å². The van der Waals surface area contributed by atoms with Crippen LogP contribution in [0.3, 0.4) is 0 Å². The molecule has 1 unspecified atom stereocenters. The molecule has 0 saturated carbocycles. The molecule has 0 aromatic heterocycles. The molecule has 1 aromatic carbocycles. The molecule has 0 aliphatic heterocycles. The summed E-state index contributed by atoms with van der Waals surface area (Å²) in [6, 6.07) is 9.60. The zero-order valence-corrected chi connectivity index (χ0v) is 13.2. The first kappa shape index (κ1) is 14.8. The molecule has 2 rings (SSSR count). The predicted octanol–water partition coefficient (Wildman–Crippen LogP) is 5.20. The monoisotopic (exact) mass is 268 g/mol. The van der Waals surface area contributed by atoms with Gasteiger partial charge in [-0.25, -0.2) is 0 Å². The maximum atomic E-state index is 12.5. The summed E-state index contributed by atoms with van der Waals surface area (Å²) >= 11 is 0. The van der Waals surface area contributed by atoms with E-state index in [4.69, 9.17) is 0 Å². The fourth-order valence-corrected chi connectivity index (χ4v) is 2.88. The van der Waals surface area contributed by atoms with Gasteiger partial charge in [-0.1, -0.05) is 68.3 Å². The number of allylic oxidation sites excluding steroid dienone is 4. The fraction of sp³-hybridized carbons (Fsp3) is 0.421. The van der Waals surface area contributed by atoms with E-state index in [0.717, 1.165) is 5.56 Å². The lowest BCUT2D eigenvalue weighted by molar-refractivity contribution is 0.0988. The maximum absolute atomic E-state index is 12.5. The Morgan fingerprint density at radius 3 is 2.25 bits per heavy atom. The van der Waals surface area contributed by atoms with Crippen molar-refractivity contribution in [2.45, 2.75) is 41.0 Å². The van der Waals surface area contributed by atoms with Crippen LogP contribution >= 0.6 is 0 Å². The van der Waals surface area contributed by atoms with Crippen molar-refractivity contribution >= 4 is 5.78 Å². The lowest BCUT2D eigenvalue weighted by Gasteiger charge is -2.28. The van der Waals surface area contributed by atoms with E-state index in [1.54, 1.807) is 0 Å². The molecule has 0 amide bonds. The summed E-state index contributed by atoms with van der Waals surface area (Å²) in [6.07, 6.45) is 2.86. The lowest BCUT2D eigenvalue weighted by Crippen LogP contribution is -2.21. The number of rotatable bonds is 3. The van der Waals surface area contributed by atoms with Crippen molar-refractivity contribution in [1.29, 1.82) is 0 Å². The standard InChI is InChI=1S/C19H24O/c1-13-11-17(19(3,4)5)16(14(13)2)12-18(20)15-9-7-6-8-10-15/h6-11,17H,12H2,1-5H3. The van der Waals surface area contributed by atoms with E-state index in [1.165, 1.54) is 16.7 Å². The maximum Gasteiger partial charge on any atom is 0.166 e. The summed E-state index contributed by atoms with van der Waals surface area (Å²) in [5.41, 5.74) is 4.88. The molecule has 0 fully saturated rings. The zero-order chi connectivity index (χ0) is 14.9. The Kier molecular flexibility index (Phi) is 3.99. The van der Waals surface area contributed by atoms with Gasteiger partial charge in [-0.2, -0.15) is 0 Å². The second-order valence-corrected chi connectivity index (χ2v) is 6.81. The highest BCUT2D eigenvalue weighted by molar-refractivity contribution is 5.97. The van der Waals surface area contributed by atoms with Crippen LogP contribution < -0.4 is 0 Å². The van der Waals surface area contributed by atoms with Gasteiger partial charge in [-0.15, -0.1) is 0 Å². The van der Waals surface area contributed by atoms with Gasteiger partial charge in [0, 0.05) is 17.9 Å². The molecule has 1 aromatic rings. The van der Waals surface area contributed by atoms with E-state index in [2.05, 4.69) is 40.7 Å². The van der Waals surface area contributed by atoms with Crippen LogP contribution in [0, 0.1) is 11.3 Å². The smallest absolute Gasteiger partial charge is 0.166 e. The molecule has 1 nitrogen and oxygen atoms in total. The Morgan fingerprint density at radius 2 is 1.70 bits per heavy atom. The third-order valence-electron chi connectivity index (χ3n) is 4.25. The molecule has 1 atom stereocenters. The summed E-state index contributed by atoms with van der Waals surface area (Å²) < 4.78 is 0. The van der Waals surface area contributed by atoms with Crippen LogP contribution in [0.4, 0.5) is 0 Å². The lowest BCUT2D eigenvalue weighted by atomic mass is 9.76. The van der Waals surface area contributed by atoms with Crippen molar-refractivity contribution in [2.24, 2.45) is 11.3 Å². The van der Waals surface area contributed by atoms with Crippen LogP contribution in [-0.2, 0) is 0 Å². The van der Waals surface area contributed by atoms with Gasteiger partial charge in [-0.05, 0) is 24.8 Å². The normalized spacial score (nSPS) is 19.2. The minimum atomic E-state index is 0.158. The molecule has 1 aliphatic carbocycles. The molecule has 1 aliphatic rings. The van der Waals surface area contributed by atoms with Crippen molar-refractivity contribution in [3.63, 3.8) is 0 Å². The van der Waals surface area contributed by atoms with E-state index in [0.29, 0.717) is 12.3 Å². The fourth-order valence-electron chi connectivity index (χ4n) is 2.88. The van der Waals surface area contributed by atoms with Crippen LogP contribution in [0.1, 0.15) is 51.4 Å². The van der Waals surface area contributed by atoms with Crippen LogP contribution in [0.15, 0.2) is 53.1 Å². The number of hydrogen-bond donors (Lipinski definition) is 0. The molecule has 0 saturated heterocycles. The molecule has 0 spiro atoms. The summed E-state index contributed by atoms with van der Waals surface area (Å²) in [7, 11) is 0. The molecular weight excluding hydrogens is 244 g/mol. The van der Waals surface area contributed by atoms with Gasteiger partial charge in [0.25, 0.3) is 0 Å². The molecule has 0 N–H and O–H groups in total. The summed E-state index contributed by atoms with van der Waals surface area (Å²) in [6.45, 7) is 11.0. The summed E-state index contributed by atoms with van der Waals surface area (Å²) in [5.74, 6) is 0.590. The van der Waals surface area contributed by atoms with Gasteiger partial charge in [0.2, 0.25) is 0 Å².